The van der Waals surface area contributed by atoms with Gasteiger partial charge in [0.15, 0.2) is 11.4 Å². The van der Waals surface area contributed by atoms with Crippen molar-refractivity contribution in [1.29, 1.82) is 0 Å². The molecule has 7 rings (SSSR count). The van der Waals surface area contributed by atoms with E-state index in [2.05, 4.69) is 5.32 Å². The number of nitro benzene ring substituents is 1. The maximum absolute atomic E-state index is 15.2. The highest BCUT2D eigenvalue weighted by Gasteiger charge is 2.78. The van der Waals surface area contributed by atoms with E-state index in [4.69, 9.17) is 33.2 Å². The van der Waals surface area contributed by atoms with Crippen molar-refractivity contribution >= 4 is 41.6 Å². The predicted molar refractivity (Wildman–Crippen MR) is 242 cm³/mol. The monoisotopic (exact) mass is 972 g/mol. The minimum Gasteiger partial charge on any atom is -0.455 e. The number of carbonyl (C=O) groups is 6. The lowest BCUT2D eigenvalue weighted by atomic mass is 9.44. The van der Waals surface area contributed by atoms with Crippen molar-refractivity contribution in [2.45, 2.75) is 128 Å². The average molecular weight is 973 g/mol. The third-order valence-electron chi connectivity index (χ3n) is 14.0. The largest absolute Gasteiger partial charge is 0.514 e. The summed E-state index contributed by atoms with van der Waals surface area (Å²) in [5.74, 6) is -6.00. The number of rotatable bonds is 11. The van der Waals surface area contributed by atoms with E-state index < -0.39 is 124 Å². The minimum atomic E-state index is -2.49. The van der Waals surface area contributed by atoms with E-state index in [1.807, 2.05) is 0 Å². The Kier molecular flexibility index (Phi) is 13.8. The van der Waals surface area contributed by atoms with Gasteiger partial charge in [-0.1, -0.05) is 62.4 Å². The Morgan fingerprint density at radius 1 is 0.914 bits per heavy atom. The Hall–Kier alpha value is -6.74. The second-order valence-electron chi connectivity index (χ2n) is 19.8. The van der Waals surface area contributed by atoms with Crippen LogP contribution in [0.1, 0.15) is 90.2 Å². The molecule has 4 N–H and O–H groups in total. The molecule has 20 nitrogen and oxygen atoms in total. The zero-order valence-corrected chi connectivity index (χ0v) is 39.7. The Bertz CT molecular complexity index is 2580. The summed E-state index contributed by atoms with van der Waals surface area (Å²) in [7, 11) is 0. The molecule has 1 heterocycles. The number of esters is 3. The number of aliphatic hydroxyl groups excluding tert-OH is 2. The van der Waals surface area contributed by atoms with Crippen molar-refractivity contribution in [1.82, 2.24) is 5.32 Å². The van der Waals surface area contributed by atoms with Crippen LogP contribution in [-0.2, 0) is 42.8 Å². The number of fused-ring (bicyclic) bond motifs is 5. The molecule has 0 unspecified atom stereocenters. The van der Waals surface area contributed by atoms with Crippen LogP contribution in [0.3, 0.4) is 0 Å². The molecule has 0 radical (unpaired) electrons. The van der Waals surface area contributed by atoms with Crippen LogP contribution in [0.5, 0.6) is 5.75 Å². The smallest absolute Gasteiger partial charge is 0.455 e. The van der Waals surface area contributed by atoms with Gasteiger partial charge >= 0.3 is 30.2 Å². The van der Waals surface area contributed by atoms with E-state index in [-0.39, 0.29) is 46.7 Å². The Morgan fingerprint density at radius 2 is 1.53 bits per heavy atom. The number of amides is 1. The first-order valence-electron chi connectivity index (χ1n) is 22.5. The molecule has 2 bridgehead atoms. The molecule has 1 aliphatic heterocycles. The van der Waals surface area contributed by atoms with Crippen LogP contribution in [0.2, 0.25) is 0 Å². The molecule has 3 aromatic rings. The number of aliphatic hydroxyl groups is 3. The maximum Gasteiger partial charge on any atom is 0.514 e. The quantitative estimate of drug-likeness (QED) is 0.0468. The van der Waals surface area contributed by atoms with Gasteiger partial charge in [-0.15, -0.1) is 0 Å². The fourth-order valence-electron chi connectivity index (χ4n) is 10.5. The third kappa shape index (κ3) is 9.23. The highest BCUT2D eigenvalue weighted by atomic mass is 16.7. The minimum absolute atomic E-state index is 0.0223. The molecule has 0 aromatic heterocycles. The molecule has 1 amide bonds. The second kappa shape index (κ2) is 18.9. The summed E-state index contributed by atoms with van der Waals surface area (Å²) >= 11 is 0. The van der Waals surface area contributed by atoms with Crippen molar-refractivity contribution in [3.8, 4) is 5.75 Å². The summed E-state index contributed by atoms with van der Waals surface area (Å²) in [5, 5.41) is 52.0. The molecule has 70 heavy (non-hydrogen) atoms. The number of nitro groups is 1. The van der Waals surface area contributed by atoms with Crippen LogP contribution in [0, 0.1) is 26.9 Å². The third-order valence-corrected chi connectivity index (χ3v) is 14.0. The van der Waals surface area contributed by atoms with Gasteiger partial charge in [-0.3, -0.25) is 19.7 Å². The average Bonchev–Trinajstić information content (AvgIpc) is 3.28. The van der Waals surface area contributed by atoms with Gasteiger partial charge in [0.05, 0.1) is 34.5 Å². The number of nitrogens with one attached hydrogen (secondary N) is 1. The topological polar surface area (TPSA) is 283 Å². The fraction of sp³-hybridized carbons (Fsp3) is 0.480. The van der Waals surface area contributed by atoms with Gasteiger partial charge < -0.3 is 53.8 Å². The van der Waals surface area contributed by atoms with Crippen molar-refractivity contribution in [3.05, 3.63) is 117 Å². The Balaban J connectivity index is 1.37. The summed E-state index contributed by atoms with van der Waals surface area (Å²) in [4.78, 5) is 95.3. The predicted octanol–water partition coefficient (Wildman–Crippen LogP) is 5.39. The molecular formula is C50H56N2O18. The van der Waals surface area contributed by atoms with E-state index in [0.717, 1.165) is 31.2 Å². The number of ketones is 1. The van der Waals surface area contributed by atoms with Crippen molar-refractivity contribution in [3.63, 3.8) is 0 Å². The SMILES string of the molecule is CC(=O)O[C@@]12CO[C@@H]1C[C@H](O)[C@@]1(C)C(=O)[C@H](O)C3=C(C)[C@@H](OC(=O)[C@H](OC(=O)Oc4ccc([N+](=O)[O-])cc4)[C@@H](NC(=O)OC(C)(C)C)c4ccccc4)C[C@@](O)([C@@H](OC(=O)c4ccccc4)[C@H]21)C3(C)C. The molecule has 374 valence electrons. The highest BCUT2D eigenvalue weighted by Crippen LogP contribution is 2.64. The van der Waals surface area contributed by atoms with Crippen LogP contribution >= 0.6 is 0 Å². The fourth-order valence-corrected chi connectivity index (χ4v) is 10.5. The molecule has 3 aromatic carbocycles. The molecule has 4 aliphatic rings. The molecule has 0 spiro atoms. The lowest BCUT2D eigenvalue weighted by Crippen LogP contribution is -2.81. The normalized spacial score (nSPS) is 29.7. The zero-order chi connectivity index (χ0) is 51.3. The number of benzene rings is 3. The van der Waals surface area contributed by atoms with Crippen LogP contribution in [-0.4, -0.2) is 116 Å². The summed E-state index contributed by atoms with van der Waals surface area (Å²) < 4.78 is 41.0. The first kappa shape index (κ1) is 51.1. The van der Waals surface area contributed by atoms with Crippen molar-refractivity contribution < 1.29 is 82.2 Å². The first-order valence-corrected chi connectivity index (χ1v) is 22.5. The number of hydrogen-bond acceptors (Lipinski definition) is 18. The van der Waals surface area contributed by atoms with Crippen LogP contribution in [0.25, 0.3) is 0 Å². The number of hydrogen-bond donors (Lipinski definition) is 4. The summed E-state index contributed by atoms with van der Waals surface area (Å²) in [6.07, 6.45) is -14.0. The van der Waals surface area contributed by atoms with E-state index in [1.165, 1.54) is 52.0 Å². The van der Waals surface area contributed by atoms with Gasteiger partial charge in [-0.2, -0.15) is 0 Å². The molecule has 1 saturated heterocycles. The van der Waals surface area contributed by atoms with Crippen LogP contribution in [0.15, 0.2) is 96.1 Å². The first-order chi connectivity index (χ1) is 32.7. The van der Waals surface area contributed by atoms with Crippen LogP contribution < -0.4 is 10.1 Å². The summed E-state index contributed by atoms with van der Waals surface area (Å²) in [6.45, 7) is 11.3. The number of nitrogens with zero attached hydrogens (tertiary/aromatic N) is 1. The molecular weight excluding hydrogens is 917 g/mol. The van der Waals surface area contributed by atoms with Gasteiger partial charge in [0.1, 0.15) is 47.4 Å². The lowest BCUT2D eigenvalue weighted by molar-refractivity contribution is -0.384. The standard InChI is InChI=1S/C50H56N2O18/c1-26-32(66-43(58)38(67-45(60)65-31-21-19-30(20-22-31)52(62)63)36(28-15-11-9-12-16-28)51-44(59)70-46(3,4)5)24-50(61)41(68-42(57)29-17-13-10-14-18-29)39-48(8,40(56)37(55)35(26)47(50,6)7)33(54)23-34-49(39,25-64-34)69-27(2)53/h9-22,32-34,36-39,41,54-55,61H,23-25H2,1-8H3,(H,51,59)/t32-,33-,34+,36-,37+,38+,39-,41-,48+,49-,50+/m0/s1. The molecule has 2 saturated carbocycles. The van der Waals surface area contributed by atoms with Gasteiger partial charge in [0.2, 0.25) is 6.10 Å². The van der Waals surface area contributed by atoms with Crippen molar-refractivity contribution in [2.24, 2.45) is 16.7 Å². The maximum atomic E-state index is 15.2. The van der Waals surface area contributed by atoms with Crippen molar-refractivity contribution in [2.75, 3.05) is 6.61 Å². The second-order valence-corrected chi connectivity index (χ2v) is 19.8. The molecule has 11 atom stereocenters. The number of alkyl carbamates (subject to hydrolysis) is 1. The number of carbonyl (C=O) groups excluding carboxylic acids is 6. The summed E-state index contributed by atoms with van der Waals surface area (Å²) in [5.41, 5.74) is -9.44. The zero-order valence-electron chi connectivity index (χ0n) is 39.7. The number of Topliss-reactive ketones (excluding diaryl/α,β-unsaturated/α-hetero) is 1. The van der Waals surface area contributed by atoms with E-state index in [0.29, 0.717) is 0 Å². The van der Waals surface area contributed by atoms with Gasteiger partial charge in [-0.05, 0) is 75.6 Å². The lowest BCUT2D eigenvalue weighted by Gasteiger charge is -2.67. The van der Waals surface area contributed by atoms with Crippen LogP contribution in [0.4, 0.5) is 15.3 Å². The van der Waals surface area contributed by atoms with E-state index in [9.17, 15) is 44.6 Å². The van der Waals surface area contributed by atoms with Gasteiger partial charge in [0, 0.05) is 37.3 Å². The molecule has 3 fully saturated rings. The highest BCUT2D eigenvalue weighted by molar-refractivity contribution is 5.94. The Morgan fingerprint density at radius 3 is 2.09 bits per heavy atom. The van der Waals surface area contributed by atoms with E-state index >= 15 is 9.59 Å². The molecule has 20 heteroatoms. The van der Waals surface area contributed by atoms with E-state index in [1.54, 1.807) is 57.2 Å². The van der Waals surface area contributed by atoms with Gasteiger partial charge in [-0.25, -0.2) is 19.2 Å². The Labute approximate surface area is 402 Å². The van der Waals surface area contributed by atoms with Gasteiger partial charge in [0.25, 0.3) is 5.69 Å². The number of non-ortho nitro benzene ring substituents is 1. The number of ether oxygens (including phenoxy) is 7. The molecule has 3 aliphatic carbocycles. The summed E-state index contributed by atoms with van der Waals surface area (Å²) in [6, 6.07) is 18.2.